The molecule has 3 aromatic rings. The number of aryl methyl sites for hydroxylation is 2. The fourth-order valence-corrected chi connectivity index (χ4v) is 7.49. The number of aromatic nitrogens is 3. The maximum absolute atomic E-state index is 13.4. The predicted octanol–water partition coefficient (Wildman–Crippen LogP) is 4.86. The number of ether oxygens (including phenoxy) is 1. The van der Waals surface area contributed by atoms with Gasteiger partial charge in [-0.15, -0.1) is 0 Å². The second-order valence-corrected chi connectivity index (χ2v) is 12.5. The van der Waals surface area contributed by atoms with Crippen LogP contribution in [0.1, 0.15) is 72.5 Å². The fraction of sp³-hybridized carbons (Fsp3) is 0.529. The topological polar surface area (TPSA) is 74.7 Å². The van der Waals surface area contributed by atoms with Gasteiger partial charge in [0.1, 0.15) is 6.33 Å². The van der Waals surface area contributed by atoms with Crippen LogP contribution in [-0.2, 0) is 11.2 Å². The number of fused-ring (bicyclic) bond motifs is 1. The van der Waals surface area contributed by atoms with Crippen molar-refractivity contribution in [3.63, 3.8) is 0 Å². The van der Waals surface area contributed by atoms with Gasteiger partial charge in [0.25, 0.3) is 5.91 Å². The molecule has 2 aliphatic heterocycles. The Kier molecular flexibility index (Phi) is 8.13. The highest BCUT2D eigenvalue weighted by molar-refractivity contribution is 5.96. The summed E-state index contributed by atoms with van der Waals surface area (Å²) in [4.78, 5) is 33.9. The van der Waals surface area contributed by atoms with Gasteiger partial charge in [-0.05, 0) is 76.8 Å². The van der Waals surface area contributed by atoms with Crippen LogP contribution < -0.4 is 0 Å². The average Bonchev–Trinajstić information content (AvgIpc) is 3.35. The van der Waals surface area contributed by atoms with Crippen LogP contribution in [0.15, 0.2) is 48.9 Å². The second kappa shape index (κ2) is 11.8. The molecule has 4 heterocycles. The Bertz CT molecular complexity index is 1400. The van der Waals surface area contributed by atoms with Gasteiger partial charge < -0.3 is 9.64 Å². The number of piperidine rings is 1. The first-order chi connectivity index (χ1) is 20.3. The minimum absolute atomic E-state index is 0.0684. The van der Waals surface area contributed by atoms with Crippen molar-refractivity contribution in [3.8, 4) is 11.3 Å². The van der Waals surface area contributed by atoms with Crippen LogP contribution in [-0.4, -0.2) is 92.6 Å². The molecule has 6 rings (SSSR count). The summed E-state index contributed by atoms with van der Waals surface area (Å²) in [5.74, 6) is 0.0684. The van der Waals surface area contributed by atoms with Gasteiger partial charge in [0.15, 0.2) is 0 Å². The van der Waals surface area contributed by atoms with Gasteiger partial charge in [-0.2, -0.15) is 0 Å². The first kappa shape index (κ1) is 28.9. The van der Waals surface area contributed by atoms with Crippen LogP contribution in [0.25, 0.3) is 11.3 Å². The molecule has 0 bridgehead atoms. The molecule has 1 aliphatic carbocycles. The van der Waals surface area contributed by atoms with Crippen LogP contribution in [0.4, 0.5) is 0 Å². The monoisotopic (exact) mass is 568 g/mol. The Morgan fingerprint density at radius 1 is 1.02 bits per heavy atom. The van der Waals surface area contributed by atoms with Crippen LogP contribution in [0.5, 0.6) is 0 Å². The third-order valence-electron chi connectivity index (χ3n) is 9.94. The lowest BCUT2D eigenvalue weighted by molar-refractivity contribution is -0.0630. The minimum atomic E-state index is 0.0684. The van der Waals surface area contributed by atoms with Crippen molar-refractivity contribution >= 4 is 5.91 Å². The van der Waals surface area contributed by atoms with Crippen LogP contribution >= 0.6 is 0 Å². The summed E-state index contributed by atoms with van der Waals surface area (Å²) in [6.45, 7) is 16.0. The number of benzene rings is 1. The molecule has 3 aliphatic rings. The number of likely N-dealkylation sites (tertiary alicyclic amines) is 1. The van der Waals surface area contributed by atoms with Crippen LogP contribution in [0.3, 0.4) is 0 Å². The lowest BCUT2D eigenvalue weighted by atomic mass is 9.86. The van der Waals surface area contributed by atoms with Crippen molar-refractivity contribution in [1.29, 1.82) is 0 Å². The molecular formula is C34H44N6O2. The first-order valence-electron chi connectivity index (χ1n) is 15.5. The van der Waals surface area contributed by atoms with E-state index in [0.717, 1.165) is 75.7 Å². The number of hydrogen-bond donors (Lipinski definition) is 0. The average molecular weight is 569 g/mol. The van der Waals surface area contributed by atoms with E-state index in [0.29, 0.717) is 11.6 Å². The largest absolute Gasteiger partial charge is 0.376 e. The maximum Gasteiger partial charge on any atom is 0.257 e. The molecule has 3 atom stereocenters. The van der Waals surface area contributed by atoms with E-state index in [4.69, 9.17) is 4.74 Å². The highest BCUT2D eigenvalue weighted by Crippen LogP contribution is 2.42. The number of nitrogens with zero attached hydrogens (tertiary/aromatic N) is 6. The predicted molar refractivity (Wildman–Crippen MR) is 164 cm³/mol. The Morgan fingerprint density at radius 2 is 1.79 bits per heavy atom. The molecule has 0 saturated carbocycles. The molecule has 8 heteroatoms. The van der Waals surface area contributed by atoms with Crippen molar-refractivity contribution in [1.82, 2.24) is 29.7 Å². The lowest BCUT2D eigenvalue weighted by Gasteiger charge is -2.53. The van der Waals surface area contributed by atoms with Gasteiger partial charge in [-0.1, -0.05) is 18.2 Å². The fourth-order valence-electron chi connectivity index (χ4n) is 7.49. The molecule has 42 heavy (non-hydrogen) atoms. The molecule has 8 nitrogen and oxygen atoms in total. The summed E-state index contributed by atoms with van der Waals surface area (Å²) < 4.78 is 6.38. The minimum Gasteiger partial charge on any atom is -0.376 e. The van der Waals surface area contributed by atoms with E-state index in [-0.39, 0.29) is 23.6 Å². The van der Waals surface area contributed by atoms with Crippen molar-refractivity contribution < 1.29 is 9.53 Å². The van der Waals surface area contributed by atoms with Gasteiger partial charge in [0.2, 0.25) is 0 Å². The first-order valence-corrected chi connectivity index (χ1v) is 15.5. The van der Waals surface area contributed by atoms with E-state index >= 15 is 0 Å². The zero-order chi connectivity index (χ0) is 29.4. The molecule has 222 valence electrons. The molecule has 0 spiro atoms. The van der Waals surface area contributed by atoms with Crippen LogP contribution in [0, 0.1) is 13.8 Å². The third kappa shape index (κ3) is 5.36. The van der Waals surface area contributed by atoms with E-state index in [9.17, 15) is 4.79 Å². The third-order valence-corrected chi connectivity index (χ3v) is 9.94. The standard InChI is InChI=1S/C34H44N6O2/c1-6-42-30-20-27-19-26(29-9-7-8-14-35-29)10-11-28(27)32(30)40-18-17-39(21-23(40)2)34(5)12-15-38(16-13-34)33(41)31-24(3)36-22-37-25(31)4/h7-11,14,19,22-23,30,32H,6,12-13,15-18,20-21H2,1-5H3/t23-,30-,32+/m0/s1. The van der Waals surface area contributed by atoms with Gasteiger partial charge in [0, 0.05) is 69.1 Å². The highest BCUT2D eigenvalue weighted by atomic mass is 16.5. The molecular weight excluding hydrogens is 524 g/mol. The number of rotatable bonds is 6. The molecule has 0 radical (unpaired) electrons. The van der Waals surface area contributed by atoms with E-state index in [1.165, 1.54) is 23.0 Å². The summed E-state index contributed by atoms with van der Waals surface area (Å²) in [5.41, 5.74) is 7.25. The van der Waals surface area contributed by atoms with E-state index in [1.54, 1.807) is 0 Å². The van der Waals surface area contributed by atoms with Crippen molar-refractivity contribution in [3.05, 3.63) is 77.0 Å². The molecule has 0 N–H and O–H groups in total. The zero-order valence-electron chi connectivity index (χ0n) is 25.7. The number of pyridine rings is 1. The lowest BCUT2D eigenvalue weighted by Crippen LogP contribution is -2.62. The van der Waals surface area contributed by atoms with E-state index < -0.39 is 0 Å². The summed E-state index contributed by atoms with van der Waals surface area (Å²) in [6.07, 6.45) is 6.45. The Morgan fingerprint density at radius 3 is 2.45 bits per heavy atom. The van der Waals surface area contributed by atoms with E-state index in [2.05, 4.69) is 69.8 Å². The normalized spacial score (nSPS) is 24.5. The number of hydrogen-bond acceptors (Lipinski definition) is 7. The second-order valence-electron chi connectivity index (χ2n) is 12.5. The summed E-state index contributed by atoms with van der Waals surface area (Å²) in [7, 11) is 0. The summed E-state index contributed by atoms with van der Waals surface area (Å²) in [6, 6.07) is 13.6. The number of carbonyl (C=O) groups excluding carboxylic acids is 1. The molecule has 2 fully saturated rings. The van der Waals surface area contributed by atoms with Gasteiger partial charge in [0.05, 0.1) is 34.8 Å². The van der Waals surface area contributed by atoms with Crippen LogP contribution in [0.2, 0.25) is 0 Å². The van der Waals surface area contributed by atoms with Crippen molar-refractivity contribution in [2.45, 2.75) is 77.6 Å². The molecule has 1 amide bonds. The van der Waals surface area contributed by atoms with Gasteiger partial charge in [-0.25, -0.2) is 9.97 Å². The Hall–Kier alpha value is -3.20. The highest BCUT2D eigenvalue weighted by Gasteiger charge is 2.44. The SMILES string of the molecule is CCO[C@H]1Cc2cc(-c3ccccn3)ccc2[C@H]1N1CCN(C2(C)CCN(C(=O)c3c(C)ncnc3C)CC2)C[C@@H]1C. The Balaban J connectivity index is 1.14. The number of carbonyl (C=O) groups is 1. The van der Waals surface area contributed by atoms with Crippen molar-refractivity contribution in [2.24, 2.45) is 0 Å². The molecule has 2 aromatic heterocycles. The Labute approximate surface area is 250 Å². The molecule has 1 aromatic carbocycles. The van der Waals surface area contributed by atoms with E-state index in [1.807, 2.05) is 37.1 Å². The number of amides is 1. The van der Waals surface area contributed by atoms with Gasteiger partial charge >= 0.3 is 0 Å². The number of piperazine rings is 1. The maximum atomic E-state index is 13.4. The van der Waals surface area contributed by atoms with Crippen molar-refractivity contribution in [2.75, 3.05) is 39.3 Å². The quantitative estimate of drug-likeness (QED) is 0.421. The molecule has 2 saturated heterocycles. The summed E-state index contributed by atoms with van der Waals surface area (Å²) in [5, 5.41) is 0. The summed E-state index contributed by atoms with van der Waals surface area (Å²) >= 11 is 0. The molecule has 0 unspecified atom stereocenters. The zero-order valence-corrected chi connectivity index (χ0v) is 25.7. The smallest absolute Gasteiger partial charge is 0.257 e. The van der Waals surface area contributed by atoms with Gasteiger partial charge in [-0.3, -0.25) is 19.6 Å².